The molecule has 0 aliphatic rings. The van der Waals surface area contributed by atoms with E-state index in [0.717, 1.165) is 11.1 Å². The second-order valence-corrected chi connectivity index (χ2v) is 5.20. The van der Waals surface area contributed by atoms with Gasteiger partial charge in [0.25, 0.3) is 5.91 Å². The molecule has 2 N–H and O–H groups in total. The Labute approximate surface area is 140 Å². The van der Waals surface area contributed by atoms with Gasteiger partial charge in [0.2, 0.25) is 5.91 Å². The number of ether oxygens (including phenoxy) is 2. The Balaban J connectivity index is 1.76. The highest BCUT2D eigenvalue weighted by Gasteiger charge is 2.09. The third kappa shape index (κ3) is 5.31. The van der Waals surface area contributed by atoms with Crippen molar-refractivity contribution < 1.29 is 19.1 Å². The van der Waals surface area contributed by atoms with Crippen molar-refractivity contribution in [3.05, 3.63) is 59.7 Å². The Hall–Kier alpha value is -3.02. The summed E-state index contributed by atoms with van der Waals surface area (Å²) in [6.45, 7) is 1.70. The van der Waals surface area contributed by atoms with Gasteiger partial charge in [0.15, 0.2) is 18.1 Å². The summed E-state index contributed by atoms with van der Waals surface area (Å²) in [4.78, 5) is 23.5. The second-order valence-electron chi connectivity index (χ2n) is 5.20. The number of carbonyl (C=O) groups is 2. The van der Waals surface area contributed by atoms with Crippen molar-refractivity contribution in [2.24, 2.45) is 0 Å². The smallest absolute Gasteiger partial charge is 0.276 e. The summed E-state index contributed by atoms with van der Waals surface area (Å²) in [5.41, 5.74) is 6.56. The molecule has 0 unspecified atom stereocenters. The van der Waals surface area contributed by atoms with Crippen LogP contribution in [0.15, 0.2) is 48.5 Å². The first-order valence-corrected chi connectivity index (χ1v) is 7.47. The third-order valence-electron chi connectivity index (χ3n) is 3.23. The van der Waals surface area contributed by atoms with E-state index < -0.39 is 5.91 Å². The van der Waals surface area contributed by atoms with Crippen molar-refractivity contribution in [2.45, 2.75) is 13.3 Å². The van der Waals surface area contributed by atoms with Gasteiger partial charge in [0, 0.05) is 0 Å². The van der Waals surface area contributed by atoms with Crippen molar-refractivity contribution in [1.82, 2.24) is 10.9 Å². The lowest BCUT2D eigenvalue weighted by molar-refractivity contribution is -0.129. The minimum Gasteiger partial charge on any atom is -0.493 e. The van der Waals surface area contributed by atoms with E-state index in [9.17, 15) is 9.59 Å². The van der Waals surface area contributed by atoms with E-state index in [1.807, 2.05) is 49.4 Å². The van der Waals surface area contributed by atoms with E-state index in [1.54, 1.807) is 6.07 Å². The molecule has 0 aliphatic carbocycles. The maximum Gasteiger partial charge on any atom is 0.276 e. The fourth-order valence-electron chi connectivity index (χ4n) is 2.04. The fourth-order valence-corrected chi connectivity index (χ4v) is 2.04. The van der Waals surface area contributed by atoms with Crippen LogP contribution in [0.5, 0.6) is 11.5 Å². The third-order valence-corrected chi connectivity index (χ3v) is 3.23. The Morgan fingerprint density at radius 1 is 0.958 bits per heavy atom. The maximum absolute atomic E-state index is 11.7. The molecule has 0 radical (unpaired) electrons. The van der Waals surface area contributed by atoms with Crippen LogP contribution in [-0.2, 0) is 16.0 Å². The number of carbonyl (C=O) groups excluding carboxylic acids is 2. The van der Waals surface area contributed by atoms with Crippen LogP contribution in [0.25, 0.3) is 0 Å². The molecule has 2 aromatic carbocycles. The van der Waals surface area contributed by atoms with E-state index in [2.05, 4.69) is 10.9 Å². The average molecular weight is 328 g/mol. The largest absolute Gasteiger partial charge is 0.493 e. The van der Waals surface area contributed by atoms with Gasteiger partial charge in [0.1, 0.15) is 0 Å². The van der Waals surface area contributed by atoms with Gasteiger partial charge in [-0.15, -0.1) is 0 Å². The lowest BCUT2D eigenvalue weighted by Crippen LogP contribution is -2.44. The molecule has 0 spiro atoms. The number of hydrogen-bond acceptors (Lipinski definition) is 4. The first-order chi connectivity index (χ1) is 11.6. The minimum absolute atomic E-state index is 0.188. The predicted octanol–water partition coefficient (Wildman–Crippen LogP) is 1.77. The van der Waals surface area contributed by atoms with Crippen LogP contribution in [-0.4, -0.2) is 25.5 Å². The van der Waals surface area contributed by atoms with Crippen LogP contribution in [0.1, 0.15) is 11.1 Å². The Morgan fingerprint density at radius 3 is 2.38 bits per heavy atom. The fraction of sp³-hybridized carbons (Fsp3) is 0.222. The molecule has 0 saturated heterocycles. The quantitative estimate of drug-likeness (QED) is 0.793. The van der Waals surface area contributed by atoms with Gasteiger partial charge >= 0.3 is 0 Å². The number of benzene rings is 2. The minimum atomic E-state index is -0.459. The summed E-state index contributed by atoms with van der Waals surface area (Å²) in [7, 11) is 1.53. The van der Waals surface area contributed by atoms with Crippen LogP contribution in [0.4, 0.5) is 0 Å². The molecule has 6 nitrogen and oxygen atoms in total. The lowest BCUT2D eigenvalue weighted by Gasteiger charge is -2.12. The standard InChI is InChI=1S/C18H20N2O4/c1-13-8-9-15(16(10-13)23-2)24-12-18(22)20-19-17(21)11-14-6-4-3-5-7-14/h3-10H,11-12H2,1-2H3,(H,19,21)(H,20,22). The first kappa shape index (κ1) is 17.3. The van der Waals surface area contributed by atoms with Crippen molar-refractivity contribution in [3.8, 4) is 11.5 Å². The molecule has 0 aromatic heterocycles. The molecular formula is C18H20N2O4. The molecule has 2 aromatic rings. The van der Waals surface area contributed by atoms with Crippen molar-refractivity contribution >= 4 is 11.8 Å². The summed E-state index contributed by atoms with van der Waals surface area (Å²) in [5, 5.41) is 0. The van der Waals surface area contributed by atoms with Crippen molar-refractivity contribution in [1.29, 1.82) is 0 Å². The maximum atomic E-state index is 11.7. The topological polar surface area (TPSA) is 76.7 Å². The van der Waals surface area contributed by atoms with Crippen LogP contribution >= 0.6 is 0 Å². The first-order valence-electron chi connectivity index (χ1n) is 7.47. The van der Waals surface area contributed by atoms with Gasteiger partial charge in [0.05, 0.1) is 13.5 Å². The van der Waals surface area contributed by atoms with E-state index in [4.69, 9.17) is 9.47 Å². The molecule has 0 atom stereocenters. The predicted molar refractivity (Wildman–Crippen MR) is 89.7 cm³/mol. The number of hydrazine groups is 1. The number of rotatable bonds is 6. The number of nitrogens with one attached hydrogen (secondary N) is 2. The molecule has 0 aliphatic heterocycles. The summed E-state index contributed by atoms with van der Waals surface area (Å²) in [6.07, 6.45) is 0.188. The van der Waals surface area contributed by atoms with Gasteiger partial charge in [-0.3, -0.25) is 20.4 Å². The zero-order chi connectivity index (χ0) is 17.4. The summed E-state index contributed by atoms with van der Waals surface area (Å²) in [6, 6.07) is 14.7. The molecule has 0 heterocycles. The van der Waals surface area contributed by atoms with Crippen LogP contribution in [0.2, 0.25) is 0 Å². The van der Waals surface area contributed by atoms with E-state index >= 15 is 0 Å². The highest BCUT2D eigenvalue weighted by molar-refractivity contribution is 5.83. The molecule has 2 rings (SSSR count). The summed E-state index contributed by atoms with van der Waals surface area (Å²) < 4.78 is 10.6. The molecule has 6 heteroatoms. The number of methoxy groups -OCH3 is 1. The van der Waals surface area contributed by atoms with E-state index in [1.165, 1.54) is 7.11 Å². The van der Waals surface area contributed by atoms with Gasteiger partial charge in [-0.2, -0.15) is 0 Å². The molecule has 2 amide bonds. The lowest BCUT2D eigenvalue weighted by atomic mass is 10.1. The molecule has 126 valence electrons. The molecule has 0 fully saturated rings. The Kier molecular flexibility index (Phi) is 6.19. The van der Waals surface area contributed by atoms with Gasteiger partial charge in [-0.05, 0) is 30.2 Å². The SMILES string of the molecule is COc1cc(C)ccc1OCC(=O)NNC(=O)Cc1ccccc1. The van der Waals surface area contributed by atoms with Crippen LogP contribution < -0.4 is 20.3 Å². The highest BCUT2D eigenvalue weighted by Crippen LogP contribution is 2.27. The molecule has 0 bridgehead atoms. The van der Waals surface area contributed by atoms with Crippen LogP contribution in [0.3, 0.4) is 0 Å². The average Bonchev–Trinajstić information content (AvgIpc) is 2.59. The monoisotopic (exact) mass is 328 g/mol. The molecule has 0 saturated carbocycles. The Morgan fingerprint density at radius 2 is 1.67 bits per heavy atom. The van der Waals surface area contributed by atoms with Crippen molar-refractivity contribution in [3.63, 3.8) is 0 Å². The zero-order valence-electron chi connectivity index (χ0n) is 13.7. The van der Waals surface area contributed by atoms with Gasteiger partial charge in [-0.25, -0.2) is 0 Å². The normalized spacial score (nSPS) is 9.92. The van der Waals surface area contributed by atoms with Crippen molar-refractivity contribution in [2.75, 3.05) is 13.7 Å². The zero-order valence-corrected chi connectivity index (χ0v) is 13.7. The Bertz CT molecular complexity index is 701. The number of aryl methyl sites for hydroxylation is 1. The second kappa shape index (κ2) is 8.57. The van der Waals surface area contributed by atoms with E-state index in [-0.39, 0.29) is 18.9 Å². The number of amides is 2. The van der Waals surface area contributed by atoms with Crippen LogP contribution in [0, 0.1) is 6.92 Å². The number of hydrogen-bond donors (Lipinski definition) is 2. The van der Waals surface area contributed by atoms with E-state index in [0.29, 0.717) is 11.5 Å². The highest BCUT2D eigenvalue weighted by atomic mass is 16.5. The molecular weight excluding hydrogens is 308 g/mol. The van der Waals surface area contributed by atoms with Gasteiger partial charge < -0.3 is 9.47 Å². The summed E-state index contributed by atoms with van der Waals surface area (Å²) >= 11 is 0. The van der Waals surface area contributed by atoms with Gasteiger partial charge in [-0.1, -0.05) is 36.4 Å². The summed E-state index contributed by atoms with van der Waals surface area (Å²) in [5.74, 6) is 0.256. The molecule has 24 heavy (non-hydrogen) atoms.